The summed E-state index contributed by atoms with van der Waals surface area (Å²) in [6.45, 7) is 0.660. The van der Waals surface area contributed by atoms with Gasteiger partial charge in [-0.25, -0.2) is 18.6 Å². The molecule has 202 valence electrons. The van der Waals surface area contributed by atoms with Crippen molar-refractivity contribution in [2.24, 2.45) is 5.41 Å². The molecule has 2 aliphatic rings. The van der Waals surface area contributed by atoms with E-state index >= 15 is 0 Å². The number of hydrogen-bond donors (Lipinski definition) is 4. The highest BCUT2D eigenvalue weighted by Crippen LogP contribution is 2.47. The molecule has 1 atom stereocenters. The fourth-order valence-electron chi connectivity index (χ4n) is 4.16. The van der Waals surface area contributed by atoms with Crippen LogP contribution in [-0.2, 0) is 9.59 Å². The molecule has 0 unspecified atom stereocenters. The minimum Gasteiger partial charge on any atom is -0.454 e. The first-order valence-corrected chi connectivity index (χ1v) is 12.3. The number of hydrogen-bond acceptors (Lipinski definition) is 6. The average Bonchev–Trinajstić information content (AvgIpc) is 3.62. The number of aliphatic hydroxyl groups is 1. The van der Waals surface area contributed by atoms with Crippen molar-refractivity contribution >= 4 is 35.0 Å². The zero-order valence-electron chi connectivity index (χ0n) is 20.6. The fourth-order valence-corrected chi connectivity index (χ4v) is 4.16. The van der Waals surface area contributed by atoms with Gasteiger partial charge in [-0.2, -0.15) is 0 Å². The van der Waals surface area contributed by atoms with Crippen molar-refractivity contribution in [2.45, 2.75) is 25.4 Å². The summed E-state index contributed by atoms with van der Waals surface area (Å²) in [5, 5.41) is 17.4. The van der Waals surface area contributed by atoms with Gasteiger partial charge in [0.1, 0.15) is 22.8 Å². The lowest BCUT2D eigenvalue weighted by Gasteiger charge is -2.17. The number of anilines is 3. The maximum Gasteiger partial charge on any atom is 0.323 e. The van der Waals surface area contributed by atoms with Gasteiger partial charge in [-0.15, -0.1) is 0 Å². The smallest absolute Gasteiger partial charge is 0.323 e. The summed E-state index contributed by atoms with van der Waals surface area (Å²) in [6, 6.07) is 11.5. The molecule has 3 aromatic rings. The van der Waals surface area contributed by atoms with Crippen LogP contribution in [0.15, 0.2) is 60.8 Å². The van der Waals surface area contributed by atoms with E-state index in [0.717, 1.165) is 6.07 Å². The highest BCUT2D eigenvalue weighted by Gasteiger charge is 2.56. The number of halogens is 2. The maximum atomic E-state index is 14.8. The van der Waals surface area contributed by atoms with Crippen LogP contribution in [0, 0.1) is 17.0 Å². The van der Waals surface area contributed by atoms with E-state index in [4.69, 9.17) is 4.74 Å². The summed E-state index contributed by atoms with van der Waals surface area (Å²) in [6.07, 6.45) is 2.00. The lowest BCUT2D eigenvalue weighted by molar-refractivity contribution is -0.131. The molecule has 10 nitrogen and oxygen atoms in total. The Bertz CT molecular complexity index is 1410. The Kier molecular flexibility index (Phi) is 7.11. The molecule has 4 N–H and O–H groups in total. The van der Waals surface area contributed by atoms with Crippen molar-refractivity contribution in [3.63, 3.8) is 0 Å². The standard InChI is InChI=1S/C27H25F2N5O5/c28-16-1-3-17(4-2-16)31-24(36)27(9-10-27)25(37)32-18-5-6-22(21(29)13-18)39-20-7-11-30-23(14-20)33-26(38)34-12-8-19(35)15-34/h1-7,11,13-14,19,35H,8-10,12,15H2,(H,31,36)(H,32,37)(H,30,33,38)/t19-/m0/s1. The number of amides is 4. The van der Waals surface area contributed by atoms with Crippen LogP contribution >= 0.6 is 0 Å². The van der Waals surface area contributed by atoms with E-state index in [1.54, 1.807) is 0 Å². The third-order valence-electron chi connectivity index (χ3n) is 6.56. The first-order chi connectivity index (χ1) is 18.7. The monoisotopic (exact) mass is 537 g/mol. The van der Waals surface area contributed by atoms with Gasteiger partial charge in [-0.05, 0) is 61.7 Å². The number of aromatic nitrogens is 1. The second-order valence-corrected chi connectivity index (χ2v) is 9.44. The summed E-state index contributed by atoms with van der Waals surface area (Å²) < 4.78 is 33.5. The number of carbonyl (C=O) groups excluding carboxylic acids is 3. The van der Waals surface area contributed by atoms with Crippen LogP contribution in [-0.4, -0.2) is 52.0 Å². The normalized spacial score (nSPS) is 17.3. The van der Waals surface area contributed by atoms with Crippen LogP contribution in [0.4, 0.5) is 30.8 Å². The van der Waals surface area contributed by atoms with Gasteiger partial charge in [0.05, 0.1) is 6.10 Å². The van der Waals surface area contributed by atoms with E-state index in [9.17, 15) is 28.3 Å². The number of urea groups is 1. The molecule has 39 heavy (non-hydrogen) atoms. The number of pyridine rings is 1. The SMILES string of the molecule is O=C(Nc1cc(Oc2ccc(NC(=O)C3(C(=O)Nc4ccc(F)cc4)CC3)cc2F)ccn1)N1CC[C@H](O)C1. The number of benzene rings is 2. The predicted molar refractivity (Wildman–Crippen MR) is 137 cm³/mol. The molecule has 2 fully saturated rings. The van der Waals surface area contributed by atoms with Crippen LogP contribution in [0.3, 0.4) is 0 Å². The topological polar surface area (TPSA) is 133 Å². The summed E-state index contributed by atoms with van der Waals surface area (Å²) in [4.78, 5) is 43.4. The molecule has 1 aromatic heterocycles. The Morgan fingerprint density at radius 3 is 2.28 bits per heavy atom. The molecule has 1 aliphatic carbocycles. The average molecular weight is 538 g/mol. The zero-order valence-corrected chi connectivity index (χ0v) is 20.6. The number of nitrogens with one attached hydrogen (secondary N) is 3. The summed E-state index contributed by atoms with van der Waals surface area (Å²) in [7, 11) is 0. The Labute approximate surface area is 222 Å². The largest absolute Gasteiger partial charge is 0.454 e. The molecular formula is C27H25F2N5O5. The van der Waals surface area contributed by atoms with Gasteiger partial charge in [0.15, 0.2) is 11.6 Å². The Balaban J connectivity index is 1.19. The Morgan fingerprint density at radius 2 is 1.64 bits per heavy atom. The van der Waals surface area contributed by atoms with E-state index < -0.39 is 41.0 Å². The quantitative estimate of drug-likeness (QED) is 0.336. The number of likely N-dealkylation sites (tertiary alicyclic amines) is 1. The van der Waals surface area contributed by atoms with Gasteiger partial charge in [0, 0.05) is 42.8 Å². The summed E-state index contributed by atoms with van der Waals surface area (Å²) in [5.41, 5.74) is -0.784. The zero-order chi connectivity index (χ0) is 27.6. The van der Waals surface area contributed by atoms with E-state index in [1.807, 2.05) is 0 Å². The molecular weight excluding hydrogens is 512 g/mol. The van der Waals surface area contributed by atoms with Gasteiger partial charge in [0.2, 0.25) is 11.8 Å². The van der Waals surface area contributed by atoms with E-state index in [1.165, 1.54) is 59.6 Å². The molecule has 0 radical (unpaired) electrons. The molecule has 1 saturated carbocycles. The fraction of sp³-hybridized carbons (Fsp3) is 0.259. The van der Waals surface area contributed by atoms with E-state index in [-0.39, 0.29) is 29.5 Å². The van der Waals surface area contributed by atoms with E-state index in [2.05, 4.69) is 20.9 Å². The number of rotatable bonds is 7. The van der Waals surface area contributed by atoms with Crippen molar-refractivity contribution in [1.29, 1.82) is 0 Å². The number of β-amino-alcohol motifs (C(OH)–C–C–N with tert-alkyl or cyclic N) is 1. The number of nitrogens with zero attached hydrogens (tertiary/aromatic N) is 2. The molecule has 5 rings (SSSR count). The van der Waals surface area contributed by atoms with Crippen LogP contribution in [0.1, 0.15) is 19.3 Å². The first-order valence-electron chi connectivity index (χ1n) is 12.3. The molecule has 12 heteroatoms. The van der Waals surface area contributed by atoms with Gasteiger partial charge >= 0.3 is 6.03 Å². The Morgan fingerprint density at radius 1 is 0.949 bits per heavy atom. The number of carbonyl (C=O) groups is 3. The Hall–Kier alpha value is -4.58. The van der Waals surface area contributed by atoms with Crippen molar-refractivity contribution in [3.8, 4) is 11.5 Å². The highest BCUT2D eigenvalue weighted by molar-refractivity contribution is 6.16. The molecule has 0 bridgehead atoms. The second-order valence-electron chi connectivity index (χ2n) is 9.44. The van der Waals surface area contributed by atoms with Gasteiger partial charge in [-0.3, -0.25) is 14.9 Å². The maximum absolute atomic E-state index is 14.8. The molecule has 0 spiro atoms. The molecule has 1 aliphatic heterocycles. The first kappa shape index (κ1) is 26.0. The number of aliphatic hydroxyl groups excluding tert-OH is 1. The van der Waals surface area contributed by atoms with Gasteiger partial charge < -0.3 is 25.4 Å². The van der Waals surface area contributed by atoms with Crippen LogP contribution in [0.2, 0.25) is 0 Å². The molecule has 2 aromatic carbocycles. The lowest BCUT2D eigenvalue weighted by Crippen LogP contribution is -2.35. The van der Waals surface area contributed by atoms with Crippen molar-refractivity contribution in [2.75, 3.05) is 29.0 Å². The molecule has 2 heterocycles. The minimum atomic E-state index is -1.29. The van der Waals surface area contributed by atoms with Crippen molar-refractivity contribution < 1.29 is 33.0 Å². The van der Waals surface area contributed by atoms with Crippen molar-refractivity contribution in [1.82, 2.24) is 9.88 Å². The highest BCUT2D eigenvalue weighted by atomic mass is 19.1. The predicted octanol–water partition coefficient (Wildman–Crippen LogP) is 4.11. The number of ether oxygens (including phenoxy) is 1. The van der Waals surface area contributed by atoms with Crippen LogP contribution in [0.25, 0.3) is 0 Å². The van der Waals surface area contributed by atoms with Crippen LogP contribution in [0.5, 0.6) is 11.5 Å². The minimum absolute atomic E-state index is 0.130. The molecule has 1 saturated heterocycles. The summed E-state index contributed by atoms with van der Waals surface area (Å²) >= 11 is 0. The van der Waals surface area contributed by atoms with Crippen LogP contribution < -0.4 is 20.7 Å². The lowest BCUT2D eigenvalue weighted by atomic mass is 10.0. The summed E-state index contributed by atoms with van der Waals surface area (Å²) in [5.74, 6) is -2.03. The third kappa shape index (κ3) is 5.96. The third-order valence-corrected chi connectivity index (χ3v) is 6.56. The molecule has 4 amide bonds. The second kappa shape index (κ2) is 10.7. The van der Waals surface area contributed by atoms with Gasteiger partial charge in [0.25, 0.3) is 0 Å². The van der Waals surface area contributed by atoms with Gasteiger partial charge in [-0.1, -0.05) is 0 Å². The van der Waals surface area contributed by atoms with E-state index in [0.29, 0.717) is 31.5 Å². The van der Waals surface area contributed by atoms with Crippen molar-refractivity contribution in [3.05, 3.63) is 72.4 Å².